The number of amides is 1. The van der Waals surface area contributed by atoms with Crippen LogP contribution >= 0.6 is 0 Å². The first-order valence-electron chi connectivity index (χ1n) is 10.3. The highest BCUT2D eigenvalue weighted by molar-refractivity contribution is 6.24. The second-order valence-electron chi connectivity index (χ2n) is 7.97. The van der Waals surface area contributed by atoms with Gasteiger partial charge in [-0.15, -0.1) is 0 Å². The van der Waals surface area contributed by atoms with Crippen molar-refractivity contribution in [2.45, 2.75) is 6.54 Å². The number of carbonyl (C=O) groups is 1. The van der Waals surface area contributed by atoms with Crippen LogP contribution in [-0.4, -0.2) is 45.9 Å². The van der Waals surface area contributed by atoms with Gasteiger partial charge in [0.1, 0.15) is 6.54 Å². The molecule has 0 spiro atoms. The molecule has 1 saturated heterocycles. The summed E-state index contributed by atoms with van der Waals surface area (Å²) in [5.74, 6) is 0.110. The molecule has 5 rings (SSSR count). The van der Waals surface area contributed by atoms with Crippen molar-refractivity contribution < 1.29 is 14.4 Å². The fraction of sp³-hybridized carbons (Fsp3) is 0.292. The number of rotatable bonds is 5. The summed E-state index contributed by atoms with van der Waals surface area (Å²) >= 11 is 0. The average Bonchev–Trinajstić information content (AvgIpc) is 3.03. The molecular formula is C24H26N3O2+. The Labute approximate surface area is 171 Å². The number of hydrogen-bond acceptors (Lipinski definition) is 3. The minimum absolute atomic E-state index is 0.110. The molecule has 1 atom stereocenters. The second kappa shape index (κ2) is 7.50. The van der Waals surface area contributed by atoms with Gasteiger partial charge in [-0.1, -0.05) is 36.4 Å². The first-order valence-corrected chi connectivity index (χ1v) is 10.3. The molecule has 2 aliphatic rings. The number of morpholine rings is 1. The van der Waals surface area contributed by atoms with Crippen molar-refractivity contribution in [3.8, 4) is 0 Å². The van der Waals surface area contributed by atoms with Gasteiger partial charge in [0.2, 0.25) is 0 Å². The molecule has 148 valence electrons. The van der Waals surface area contributed by atoms with Gasteiger partial charge in [0.25, 0.3) is 5.91 Å². The number of ether oxygens (including phenoxy) is 1. The predicted octanol–water partition coefficient (Wildman–Crippen LogP) is 2.31. The molecule has 0 aromatic heterocycles. The van der Waals surface area contributed by atoms with Gasteiger partial charge >= 0.3 is 0 Å². The van der Waals surface area contributed by atoms with Crippen LogP contribution in [0.4, 0.5) is 11.4 Å². The molecule has 0 bridgehead atoms. The zero-order chi connectivity index (χ0) is 19.8. The van der Waals surface area contributed by atoms with E-state index in [2.05, 4.69) is 54.4 Å². The normalized spacial score (nSPS) is 17.2. The van der Waals surface area contributed by atoms with E-state index in [1.165, 1.54) is 16.2 Å². The number of benzene rings is 3. The van der Waals surface area contributed by atoms with Gasteiger partial charge in [-0.25, -0.2) is 0 Å². The van der Waals surface area contributed by atoms with Gasteiger partial charge in [0, 0.05) is 29.7 Å². The number of carbonyl (C=O) groups excluding carboxylic acids is 1. The third-order valence-corrected chi connectivity index (χ3v) is 5.90. The quantitative estimate of drug-likeness (QED) is 0.729. The van der Waals surface area contributed by atoms with E-state index in [4.69, 9.17) is 4.74 Å². The smallest absolute Gasteiger partial charge is 0.263 e. The van der Waals surface area contributed by atoms with Crippen LogP contribution in [0, 0.1) is 0 Å². The van der Waals surface area contributed by atoms with Crippen molar-refractivity contribution in [3.05, 3.63) is 71.8 Å². The summed E-state index contributed by atoms with van der Waals surface area (Å²) in [7, 11) is 2.15. The Morgan fingerprint density at radius 1 is 0.966 bits per heavy atom. The molecule has 3 aromatic rings. The first kappa shape index (κ1) is 18.2. The molecule has 3 aromatic carbocycles. The second-order valence-corrected chi connectivity index (χ2v) is 7.97. The molecule has 5 heteroatoms. The lowest BCUT2D eigenvalue weighted by Gasteiger charge is -2.29. The van der Waals surface area contributed by atoms with Crippen LogP contribution in [0.15, 0.2) is 60.7 Å². The van der Waals surface area contributed by atoms with Crippen LogP contribution in [0.1, 0.15) is 15.9 Å². The van der Waals surface area contributed by atoms with Crippen molar-refractivity contribution in [1.29, 1.82) is 0 Å². The van der Waals surface area contributed by atoms with Crippen molar-refractivity contribution >= 4 is 28.1 Å². The zero-order valence-electron chi connectivity index (χ0n) is 16.7. The van der Waals surface area contributed by atoms with Gasteiger partial charge in [-0.05, 0) is 29.7 Å². The highest BCUT2D eigenvalue weighted by Crippen LogP contribution is 2.36. The van der Waals surface area contributed by atoms with Gasteiger partial charge in [-0.3, -0.25) is 9.69 Å². The standard InChI is InChI=1S/C24H25N3O2/c1-25(16-18-8-10-20(11-9-18)26-12-14-29-15-13-26)17-27-22-7-3-5-19-4-2-6-21(23(19)22)24(27)28/h2-11H,12-17H2,1H3/p+1. The molecule has 1 N–H and O–H groups in total. The molecule has 5 nitrogen and oxygen atoms in total. The minimum Gasteiger partial charge on any atom is -0.378 e. The Balaban J connectivity index is 1.28. The maximum Gasteiger partial charge on any atom is 0.263 e. The maximum atomic E-state index is 13.0. The Morgan fingerprint density at radius 2 is 1.69 bits per heavy atom. The summed E-state index contributed by atoms with van der Waals surface area (Å²) in [6.07, 6.45) is 0. The third kappa shape index (κ3) is 3.37. The van der Waals surface area contributed by atoms with E-state index in [0.29, 0.717) is 6.67 Å². The van der Waals surface area contributed by atoms with Gasteiger partial charge in [-0.2, -0.15) is 0 Å². The number of hydrogen-bond donors (Lipinski definition) is 1. The monoisotopic (exact) mass is 388 g/mol. The lowest BCUT2D eigenvalue weighted by atomic mass is 10.1. The summed E-state index contributed by atoms with van der Waals surface area (Å²) in [4.78, 5) is 18.6. The van der Waals surface area contributed by atoms with E-state index in [0.717, 1.165) is 54.9 Å². The highest BCUT2D eigenvalue weighted by atomic mass is 16.5. The average molecular weight is 388 g/mol. The fourth-order valence-electron chi connectivity index (χ4n) is 4.46. The number of quaternary nitrogens is 1. The Hall–Kier alpha value is -2.89. The summed E-state index contributed by atoms with van der Waals surface area (Å²) in [5, 5.41) is 2.22. The van der Waals surface area contributed by atoms with E-state index in [1.54, 1.807) is 0 Å². The maximum absolute atomic E-state index is 13.0. The van der Waals surface area contributed by atoms with Gasteiger partial charge < -0.3 is 14.5 Å². The topological polar surface area (TPSA) is 37.2 Å². The van der Waals surface area contributed by atoms with Crippen LogP contribution in [0.5, 0.6) is 0 Å². The van der Waals surface area contributed by atoms with Crippen molar-refractivity contribution in [2.24, 2.45) is 0 Å². The highest BCUT2D eigenvalue weighted by Gasteiger charge is 2.31. The Bertz CT molecular complexity index is 1040. The lowest BCUT2D eigenvalue weighted by molar-refractivity contribution is -0.892. The lowest BCUT2D eigenvalue weighted by Crippen LogP contribution is -3.09. The zero-order valence-corrected chi connectivity index (χ0v) is 16.7. The molecular weight excluding hydrogens is 362 g/mol. The van der Waals surface area contributed by atoms with Crippen LogP contribution in [0.25, 0.3) is 10.8 Å². The first-order chi connectivity index (χ1) is 14.2. The number of anilines is 2. The van der Waals surface area contributed by atoms with E-state index in [-0.39, 0.29) is 5.91 Å². The molecule has 2 aliphatic heterocycles. The van der Waals surface area contributed by atoms with Crippen LogP contribution < -0.4 is 14.7 Å². The van der Waals surface area contributed by atoms with E-state index < -0.39 is 0 Å². The summed E-state index contributed by atoms with van der Waals surface area (Å²) in [5.41, 5.74) is 4.39. The summed E-state index contributed by atoms with van der Waals surface area (Å²) in [6, 6.07) is 21.0. The largest absolute Gasteiger partial charge is 0.378 e. The molecule has 1 unspecified atom stereocenters. The van der Waals surface area contributed by atoms with E-state index in [9.17, 15) is 4.79 Å². The molecule has 1 fully saturated rings. The molecule has 2 heterocycles. The third-order valence-electron chi connectivity index (χ3n) is 5.90. The van der Waals surface area contributed by atoms with Crippen molar-refractivity contribution in [1.82, 2.24) is 0 Å². The molecule has 0 aliphatic carbocycles. The SMILES string of the molecule is C[NH+](Cc1ccc(N2CCOCC2)cc1)CN1C(=O)c2cccc3cccc1c23. The van der Waals surface area contributed by atoms with Crippen LogP contribution in [-0.2, 0) is 11.3 Å². The van der Waals surface area contributed by atoms with Crippen LogP contribution in [0.2, 0.25) is 0 Å². The fourth-order valence-corrected chi connectivity index (χ4v) is 4.46. The van der Waals surface area contributed by atoms with Gasteiger partial charge in [0.05, 0.1) is 31.5 Å². The molecule has 29 heavy (non-hydrogen) atoms. The number of nitrogens with zero attached hydrogens (tertiary/aromatic N) is 2. The number of nitrogens with one attached hydrogen (secondary N) is 1. The molecule has 1 amide bonds. The predicted molar refractivity (Wildman–Crippen MR) is 116 cm³/mol. The molecule has 0 radical (unpaired) electrons. The van der Waals surface area contributed by atoms with Gasteiger partial charge in [0.15, 0.2) is 6.67 Å². The van der Waals surface area contributed by atoms with E-state index >= 15 is 0 Å². The van der Waals surface area contributed by atoms with Crippen LogP contribution in [0.3, 0.4) is 0 Å². The summed E-state index contributed by atoms with van der Waals surface area (Å²) < 4.78 is 5.44. The van der Waals surface area contributed by atoms with Crippen molar-refractivity contribution in [2.75, 3.05) is 49.8 Å². The molecule has 0 saturated carbocycles. The Morgan fingerprint density at radius 3 is 2.45 bits per heavy atom. The Kier molecular flexibility index (Phi) is 4.70. The van der Waals surface area contributed by atoms with E-state index in [1.807, 2.05) is 23.1 Å². The summed E-state index contributed by atoms with van der Waals surface area (Å²) in [6.45, 7) is 5.03. The minimum atomic E-state index is 0.110. The van der Waals surface area contributed by atoms with Crippen molar-refractivity contribution in [3.63, 3.8) is 0 Å².